The van der Waals surface area contributed by atoms with Crippen LogP contribution in [0.1, 0.15) is 45.1 Å². The Balaban J connectivity index is 1.53. The van der Waals surface area contributed by atoms with Gasteiger partial charge in [0.15, 0.2) is 10.9 Å². The third kappa shape index (κ3) is 4.79. The Morgan fingerprint density at radius 3 is 2.77 bits per heavy atom. The van der Waals surface area contributed by atoms with Gasteiger partial charge >= 0.3 is 0 Å². The molecule has 162 valence electrons. The Morgan fingerprint density at radius 2 is 2.06 bits per heavy atom. The van der Waals surface area contributed by atoms with E-state index in [1.165, 1.54) is 30.3 Å². The summed E-state index contributed by atoms with van der Waals surface area (Å²) in [5, 5.41) is 22.6. The van der Waals surface area contributed by atoms with Gasteiger partial charge in [-0.2, -0.15) is 0 Å². The molecular formula is C21H23N5O4S. The van der Waals surface area contributed by atoms with Gasteiger partial charge in [0.1, 0.15) is 0 Å². The maximum absolute atomic E-state index is 12.7. The summed E-state index contributed by atoms with van der Waals surface area (Å²) in [5.41, 5.74) is 0.315. The molecule has 4 rings (SSSR count). The Bertz CT molecular complexity index is 1060. The average Bonchev–Trinajstić information content (AvgIpc) is 3.44. The Morgan fingerprint density at radius 1 is 1.26 bits per heavy atom. The number of hydrogen-bond acceptors (Lipinski definition) is 7. The second-order valence-electron chi connectivity index (χ2n) is 7.50. The molecule has 1 N–H and O–H groups in total. The zero-order valence-corrected chi connectivity index (χ0v) is 17.9. The lowest BCUT2D eigenvalue weighted by Gasteiger charge is -2.25. The van der Waals surface area contributed by atoms with Crippen molar-refractivity contribution in [2.24, 2.45) is 0 Å². The molecule has 1 aliphatic rings. The van der Waals surface area contributed by atoms with Gasteiger partial charge in [-0.15, -0.1) is 10.2 Å². The first kappa shape index (κ1) is 21.1. The first-order valence-electron chi connectivity index (χ1n) is 10.2. The molecule has 9 nitrogen and oxygen atoms in total. The molecule has 1 saturated carbocycles. The number of non-ortho nitro benzene ring substituents is 1. The van der Waals surface area contributed by atoms with Crippen molar-refractivity contribution < 1.29 is 14.1 Å². The van der Waals surface area contributed by atoms with E-state index in [-0.39, 0.29) is 17.6 Å². The smallest absolute Gasteiger partial charge is 0.271 e. The molecule has 0 saturated heterocycles. The van der Waals surface area contributed by atoms with Gasteiger partial charge in [-0.1, -0.05) is 37.1 Å². The summed E-state index contributed by atoms with van der Waals surface area (Å²) in [6, 6.07) is 9.83. The van der Waals surface area contributed by atoms with E-state index in [4.69, 9.17) is 4.42 Å². The fourth-order valence-electron chi connectivity index (χ4n) is 3.75. The van der Waals surface area contributed by atoms with Gasteiger partial charge in [0, 0.05) is 23.9 Å². The maximum atomic E-state index is 12.7. The fraction of sp³-hybridized carbons (Fsp3) is 0.381. The quantitative estimate of drug-likeness (QED) is 0.309. The molecule has 3 aromatic rings. The number of hydrogen-bond donors (Lipinski definition) is 1. The number of carbonyl (C=O) groups is 1. The first-order chi connectivity index (χ1) is 15.0. The first-order valence-corrected chi connectivity index (χ1v) is 11.1. The number of carbonyl (C=O) groups excluding carboxylic acids is 1. The van der Waals surface area contributed by atoms with Crippen molar-refractivity contribution in [1.29, 1.82) is 0 Å². The molecule has 2 heterocycles. The van der Waals surface area contributed by atoms with E-state index < -0.39 is 10.2 Å². The minimum absolute atomic E-state index is 0.0711. The van der Waals surface area contributed by atoms with Gasteiger partial charge in [0.05, 0.1) is 16.4 Å². The van der Waals surface area contributed by atoms with E-state index in [1.54, 1.807) is 25.3 Å². The Labute approximate surface area is 183 Å². The maximum Gasteiger partial charge on any atom is 0.271 e. The molecule has 2 aromatic heterocycles. The van der Waals surface area contributed by atoms with E-state index in [1.807, 2.05) is 12.1 Å². The number of benzene rings is 1. The third-order valence-electron chi connectivity index (χ3n) is 5.32. The van der Waals surface area contributed by atoms with Crippen molar-refractivity contribution in [3.8, 4) is 11.6 Å². The molecule has 1 fully saturated rings. The number of aromatic nitrogens is 3. The van der Waals surface area contributed by atoms with Crippen LogP contribution in [0.2, 0.25) is 0 Å². The van der Waals surface area contributed by atoms with Gasteiger partial charge in [-0.3, -0.25) is 19.5 Å². The fourth-order valence-corrected chi connectivity index (χ4v) is 4.67. The predicted molar refractivity (Wildman–Crippen MR) is 117 cm³/mol. The van der Waals surface area contributed by atoms with E-state index in [2.05, 4.69) is 20.1 Å². The van der Waals surface area contributed by atoms with Gasteiger partial charge in [-0.25, -0.2) is 0 Å². The van der Waals surface area contributed by atoms with Crippen LogP contribution in [-0.4, -0.2) is 30.8 Å². The van der Waals surface area contributed by atoms with Gasteiger partial charge < -0.3 is 9.73 Å². The molecule has 0 aliphatic heterocycles. The number of anilines is 1. The van der Waals surface area contributed by atoms with Gasteiger partial charge in [0.25, 0.3) is 5.69 Å². The lowest BCUT2D eigenvalue weighted by molar-refractivity contribution is -0.384. The minimum Gasteiger partial charge on any atom is -0.461 e. The summed E-state index contributed by atoms with van der Waals surface area (Å²) in [5.74, 6) is 1.06. The summed E-state index contributed by atoms with van der Waals surface area (Å²) in [7, 11) is 0. The largest absolute Gasteiger partial charge is 0.461 e. The molecule has 1 unspecified atom stereocenters. The summed E-state index contributed by atoms with van der Waals surface area (Å²) >= 11 is 1.32. The summed E-state index contributed by atoms with van der Waals surface area (Å²) < 4.78 is 7.66. The summed E-state index contributed by atoms with van der Waals surface area (Å²) in [6.07, 6.45) is 7.19. The van der Waals surface area contributed by atoms with Crippen LogP contribution in [0.3, 0.4) is 0 Å². The number of thioether (sulfide) groups is 1. The molecule has 0 bridgehead atoms. The lowest BCUT2D eigenvalue weighted by Crippen LogP contribution is -2.23. The zero-order valence-electron chi connectivity index (χ0n) is 17.1. The van der Waals surface area contributed by atoms with E-state index in [0.717, 1.165) is 25.7 Å². The second kappa shape index (κ2) is 9.34. The van der Waals surface area contributed by atoms with Crippen molar-refractivity contribution in [3.05, 3.63) is 52.8 Å². The van der Waals surface area contributed by atoms with Crippen molar-refractivity contribution in [2.75, 3.05) is 5.32 Å². The molecule has 0 spiro atoms. The second-order valence-corrected chi connectivity index (χ2v) is 8.81. The molecule has 1 aromatic carbocycles. The molecule has 1 atom stereocenters. The van der Waals surface area contributed by atoms with Crippen LogP contribution in [0.15, 0.2) is 52.2 Å². The van der Waals surface area contributed by atoms with E-state index >= 15 is 0 Å². The molecule has 10 heteroatoms. The molecular weight excluding hydrogens is 418 g/mol. The highest BCUT2D eigenvalue weighted by Crippen LogP contribution is 2.36. The van der Waals surface area contributed by atoms with Crippen molar-refractivity contribution in [1.82, 2.24) is 14.8 Å². The molecule has 31 heavy (non-hydrogen) atoms. The zero-order chi connectivity index (χ0) is 21.8. The number of furan rings is 1. The number of nitrogens with zero attached hydrogens (tertiary/aromatic N) is 4. The predicted octanol–water partition coefficient (Wildman–Crippen LogP) is 5.07. The molecule has 0 radical (unpaired) electrons. The number of rotatable bonds is 7. The molecule has 1 aliphatic carbocycles. The van der Waals surface area contributed by atoms with Crippen LogP contribution < -0.4 is 5.32 Å². The summed E-state index contributed by atoms with van der Waals surface area (Å²) in [4.78, 5) is 23.2. The van der Waals surface area contributed by atoms with Gasteiger partial charge in [-0.05, 0) is 38.0 Å². The van der Waals surface area contributed by atoms with Crippen LogP contribution >= 0.6 is 11.8 Å². The number of nitrogens with one attached hydrogen (secondary N) is 1. The van der Waals surface area contributed by atoms with Crippen LogP contribution in [0.5, 0.6) is 0 Å². The highest BCUT2D eigenvalue weighted by atomic mass is 32.2. The van der Waals surface area contributed by atoms with E-state index in [9.17, 15) is 14.9 Å². The topological polar surface area (TPSA) is 116 Å². The van der Waals surface area contributed by atoms with Crippen LogP contribution in [0.4, 0.5) is 11.4 Å². The van der Waals surface area contributed by atoms with Crippen molar-refractivity contribution in [2.45, 2.75) is 55.5 Å². The summed E-state index contributed by atoms with van der Waals surface area (Å²) in [6.45, 7) is 1.78. The normalized spacial score (nSPS) is 15.5. The Kier molecular flexibility index (Phi) is 6.36. The number of nitro groups is 1. The lowest BCUT2D eigenvalue weighted by atomic mass is 9.95. The van der Waals surface area contributed by atoms with E-state index in [0.29, 0.717) is 22.4 Å². The molecule has 1 amide bonds. The SMILES string of the molecule is CC(Sc1nnc(-c2ccco2)n1C1CCCCC1)C(=O)Nc1cccc([N+](=O)[O-])c1. The van der Waals surface area contributed by atoms with Crippen LogP contribution in [0, 0.1) is 10.1 Å². The number of amides is 1. The monoisotopic (exact) mass is 441 g/mol. The highest BCUT2D eigenvalue weighted by molar-refractivity contribution is 8.00. The van der Waals surface area contributed by atoms with Crippen molar-refractivity contribution >= 4 is 29.0 Å². The Hall–Kier alpha value is -3.14. The third-order valence-corrected chi connectivity index (χ3v) is 6.38. The highest BCUT2D eigenvalue weighted by Gasteiger charge is 2.27. The standard InChI is InChI=1S/C21H23N5O4S/c1-14(20(27)22-15-7-5-10-17(13-15)26(28)29)31-21-24-23-19(18-11-6-12-30-18)25(21)16-8-3-2-4-9-16/h5-7,10-14,16H,2-4,8-9H2,1H3,(H,22,27). The minimum atomic E-state index is -0.489. The van der Waals surface area contributed by atoms with Gasteiger partial charge in [0.2, 0.25) is 11.7 Å². The number of nitro benzene ring substituents is 1. The average molecular weight is 442 g/mol. The van der Waals surface area contributed by atoms with Crippen molar-refractivity contribution in [3.63, 3.8) is 0 Å². The van der Waals surface area contributed by atoms with Crippen LogP contribution in [-0.2, 0) is 4.79 Å². The van der Waals surface area contributed by atoms with Crippen LogP contribution in [0.25, 0.3) is 11.6 Å².